The Balaban J connectivity index is 1.97. The van der Waals surface area contributed by atoms with E-state index in [0.717, 1.165) is 35.9 Å². The maximum Gasteiger partial charge on any atom is 0.301 e. The number of halogens is 5. The maximum atomic E-state index is 12.8. The van der Waals surface area contributed by atoms with Crippen LogP contribution in [0.3, 0.4) is 0 Å². The van der Waals surface area contributed by atoms with Crippen LogP contribution in [0.15, 0.2) is 16.2 Å². The van der Waals surface area contributed by atoms with Crippen molar-refractivity contribution >= 4 is 23.1 Å². The lowest BCUT2D eigenvalue weighted by Crippen LogP contribution is -1.88. The van der Waals surface area contributed by atoms with Gasteiger partial charge in [0.2, 0.25) is 0 Å². The molecular formula is C11H10F5NS2. The molecule has 0 unspecified atom stereocenters. The molecule has 19 heavy (non-hydrogen) atoms. The molecule has 1 aliphatic rings. The molecule has 8 heteroatoms. The average molecular weight is 315 g/mol. The minimum Gasteiger partial charge on any atom is -0.234 e. The van der Waals surface area contributed by atoms with Gasteiger partial charge in [0.1, 0.15) is 0 Å². The Hall–Kier alpha value is -0.630. The maximum absolute atomic E-state index is 12.8. The highest BCUT2D eigenvalue weighted by molar-refractivity contribution is 8.01. The van der Waals surface area contributed by atoms with Crippen LogP contribution in [-0.2, 0) is 0 Å². The topological polar surface area (TPSA) is 12.9 Å². The molecule has 0 aliphatic heterocycles. The molecule has 2 rings (SSSR count). The van der Waals surface area contributed by atoms with Crippen molar-refractivity contribution in [2.45, 2.75) is 35.9 Å². The Labute approximate surface area is 114 Å². The number of aromatic nitrogens is 1. The summed E-state index contributed by atoms with van der Waals surface area (Å²) >= 11 is 1.90. The quantitative estimate of drug-likeness (QED) is 0.506. The van der Waals surface area contributed by atoms with Gasteiger partial charge in [-0.3, -0.25) is 0 Å². The van der Waals surface area contributed by atoms with E-state index in [4.69, 9.17) is 0 Å². The summed E-state index contributed by atoms with van der Waals surface area (Å²) in [5.41, 5.74) is 0.426. The molecule has 0 atom stereocenters. The standard InChI is InChI=1S/C11H10F5NS2/c12-6(9(13)14)3-4-18-11-17-7(5-1-2-5)8(19-11)10(15)16/h5,10H,1-4H2. The third kappa shape index (κ3) is 3.92. The van der Waals surface area contributed by atoms with E-state index in [1.54, 1.807) is 0 Å². The van der Waals surface area contributed by atoms with Gasteiger partial charge in [0.05, 0.1) is 10.6 Å². The van der Waals surface area contributed by atoms with E-state index < -0.39 is 24.8 Å². The molecule has 1 aliphatic carbocycles. The zero-order valence-corrected chi connectivity index (χ0v) is 11.3. The predicted octanol–water partition coefficient (Wildman–Crippen LogP) is 5.52. The summed E-state index contributed by atoms with van der Waals surface area (Å²) in [5, 5.41) is 0. The molecule has 1 aromatic rings. The van der Waals surface area contributed by atoms with Crippen LogP contribution in [0, 0.1) is 0 Å². The number of alkyl halides is 2. The number of thiazole rings is 1. The molecule has 0 spiro atoms. The molecule has 1 fully saturated rings. The van der Waals surface area contributed by atoms with Crippen molar-refractivity contribution in [1.29, 1.82) is 0 Å². The Morgan fingerprint density at radius 1 is 1.32 bits per heavy atom. The first-order valence-electron chi connectivity index (χ1n) is 5.60. The van der Waals surface area contributed by atoms with Crippen molar-refractivity contribution in [1.82, 2.24) is 4.98 Å². The van der Waals surface area contributed by atoms with E-state index in [-0.39, 0.29) is 16.5 Å². The summed E-state index contributed by atoms with van der Waals surface area (Å²) in [7, 11) is 0. The van der Waals surface area contributed by atoms with Gasteiger partial charge in [-0.2, -0.15) is 8.78 Å². The Bertz CT molecular complexity index is 458. The van der Waals surface area contributed by atoms with E-state index in [9.17, 15) is 22.0 Å². The van der Waals surface area contributed by atoms with Crippen molar-refractivity contribution in [2.24, 2.45) is 0 Å². The number of hydrogen-bond acceptors (Lipinski definition) is 3. The SMILES string of the molecule is FC(F)=C(F)CCSc1nc(C2CC2)c(C(F)F)s1. The first-order chi connectivity index (χ1) is 8.99. The second-order valence-corrected chi connectivity index (χ2v) is 6.44. The highest BCUT2D eigenvalue weighted by atomic mass is 32.2. The van der Waals surface area contributed by atoms with Crippen LogP contribution in [0.2, 0.25) is 0 Å². The summed E-state index contributed by atoms with van der Waals surface area (Å²) in [6.07, 6.45) is -3.60. The molecule has 0 aromatic carbocycles. The van der Waals surface area contributed by atoms with Gasteiger partial charge >= 0.3 is 6.08 Å². The van der Waals surface area contributed by atoms with E-state index in [0.29, 0.717) is 10.0 Å². The van der Waals surface area contributed by atoms with Crippen molar-refractivity contribution in [2.75, 3.05) is 5.75 Å². The zero-order chi connectivity index (χ0) is 14.0. The first-order valence-corrected chi connectivity index (χ1v) is 7.40. The summed E-state index contributed by atoms with van der Waals surface area (Å²) < 4.78 is 62.2. The lowest BCUT2D eigenvalue weighted by Gasteiger charge is -1.96. The largest absolute Gasteiger partial charge is 0.301 e. The molecule has 106 valence electrons. The van der Waals surface area contributed by atoms with Crippen molar-refractivity contribution in [3.63, 3.8) is 0 Å². The third-order valence-electron chi connectivity index (χ3n) is 2.58. The monoisotopic (exact) mass is 315 g/mol. The smallest absolute Gasteiger partial charge is 0.234 e. The van der Waals surface area contributed by atoms with Gasteiger partial charge in [-0.25, -0.2) is 18.2 Å². The fraction of sp³-hybridized carbons (Fsp3) is 0.545. The van der Waals surface area contributed by atoms with Crippen LogP contribution in [-0.4, -0.2) is 10.7 Å². The number of nitrogens with zero attached hydrogens (tertiary/aromatic N) is 1. The molecule has 0 amide bonds. The fourth-order valence-corrected chi connectivity index (χ4v) is 3.62. The lowest BCUT2D eigenvalue weighted by atomic mass is 10.2. The second kappa shape index (κ2) is 6.21. The number of thioether (sulfide) groups is 1. The van der Waals surface area contributed by atoms with Crippen LogP contribution in [0.4, 0.5) is 22.0 Å². The minimum atomic E-state index is -2.57. The summed E-state index contributed by atoms with van der Waals surface area (Å²) in [6.45, 7) is 0. The van der Waals surface area contributed by atoms with Gasteiger partial charge in [-0.05, 0) is 12.8 Å². The number of hydrogen-bond donors (Lipinski definition) is 0. The number of rotatable bonds is 6. The molecule has 0 radical (unpaired) electrons. The molecule has 0 N–H and O–H groups in total. The highest BCUT2D eigenvalue weighted by Crippen LogP contribution is 2.46. The Kier molecular flexibility index (Phi) is 4.83. The van der Waals surface area contributed by atoms with Crippen LogP contribution in [0.5, 0.6) is 0 Å². The number of allylic oxidation sites excluding steroid dienone is 1. The Morgan fingerprint density at radius 3 is 2.53 bits per heavy atom. The van der Waals surface area contributed by atoms with E-state index in [2.05, 4.69) is 4.98 Å². The van der Waals surface area contributed by atoms with Gasteiger partial charge in [-0.1, -0.05) is 11.8 Å². The summed E-state index contributed by atoms with van der Waals surface area (Å²) in [5.74, 6) is -1.29. The predicted molar refractivity (Wildman–Crippen MR) is 64.7 cm³/mol. The first kappa shape index (κ1) is 14.8. The molecule has 1 aromatic heterocycles. The second-order valence-electron chi connectivity index (χ2n) is 4.07. The average Bonchev–Trinajstić information content (AvgIpc) is 3.09. The Morgan fingerprint density at radius 2 is 2.00 bits per heavy atom. The van der Waals surface area contributed by atoms with Crippen LogP contribution in [0.1, 0.15) is 42.2 Å². The molecule has 1 saturated carbocycles. The van der Waals surface area contributed by atoms with Gasteiger partial charge in [0.15, 0.2) is 10.2 Å². The lowest BCUT2D eigenvalue weighted by molar-refractivity contribution is 0.154. The molecule has 0 bridgehead atoms. The molecule has 1 nitrogen and oxygen atoms in total. The fourth-order valence-electron chi connectivity index (χ4n) is 1.51. The van der Waals surface area contributed by atoms with Gasteiger partial charge in [-0.15, -0.1) is 11.3 Å². The van der Waals surface area contributed by atoms with Gasteiger partial charge in [0, 0.05) is 18.1 Å². The van der Waals surface area contributed by atoms with Crippen molar-refractivity contribution in [3.05, 3.63) is 22.5 Å². The van der Waals surface area contributed by atoms with E-state index in [1.165, 1.54) is 0 Å². The normalized spacial score (nSPS) is 15.1. The van der Waals surface area contributed by atoms with Crippen LogP contribution < -0.4 is 0 Å². The molecule has 0 saturated heterocycles. The third-order valence-corrected chi connectivity index (χ3v) is 4.80. The van der Waals surface area contributed by atoms with E-state index in [1.807, 2.05) is 0 Å². The van der Waals surface area contributed by atoms with E-state index >= 15 is 0 Å². The van der Waals surface area contributed by atoms with Gasteiger partial charge < -0.3 is 0 Å². The summed E-state index contributed by atoms with van der Waals surface area (Å²) in [6, 6.07) is 0. The van der Waals surface area contributed by atoms with Crippen molar-refractivity contribution < 1.29 is 22.0 Å². The highest BCUT2D eigenvalue weighted by Gasteiger charge is 2.32. The van der Waals surface area contributed by atoms with Crippen LogP contribution in [0.25, 0.3) is 0 Å². The van der Waals surface area contributed by atoms with Crippen LogP contribution >= 0.6 is 23.1 Å². The zero-order valence-electron chi connectivity index (χ0n) is 9.64. The minimum absolute atomic E-state index is 0.0438. The van der Waals surface area contributed by atoms with Gasteiger partial charge in [0.25, 0.3) is 6.43 Å². The molecule has 1 heterocycles. The van der Waals surface area contributed by atoms with Crippen molar-refractivity contribution in [3.8, 4) is 0 Å². The summed E-state index contributed by atoms with van der Waals surface area (Å²) in [4.78, 5) is 4.07. The molecular weight excluding hydrogens is 305 g/mol.